The quantitative estimate of drug-likeness (QED) is 0.838. The lowest BCUT2D eigenvalue weighted by Crippen LogP contribution is -2.39. The minimum Gasteiger partial charge on any atom is -0.465 e. The molecule has 0 spiro atoms. The Kier molecular flexibility index (Phi) is 4.01. The van der Waals surface area contributed by atoms with E-state index in [1.54, 1.807) is 4.90 Å². The smallest absolute Gasteiger partial charge is 0.414 e. The van der Waals surface area contributed by atoms with Crippen molar-refractivity contribution in [3.8, 4) is 0 Å². The Morgan fingerprint density at radius 3 is 2.59 bits per heavy atom. The first kappa shape index (κ1) is 17.6. The van der Waals surface area contributed by atoms with Gasteiger partial charge in [-0.3, -0.25) is 9.69 Å². The SMILES string of the molecule is CC(=O)NC[C@H]1CN(c2ccc(C34CC3CN(C(=O)O)C4C)cc2)C(=O)O1. The van der Waals surface area contributed by atoms with Crippen molar-refractivity contribution in [3.63, 3.8) is 0 Å². The first-order valence-corrected chi connectivity index (χ1v) is 9.15. The van der Waals surface area contributed by atoms with Gasteiger partial charge in [0.05, 0.1) is 13.1 Å². The predicted molar refractivity (Wildman–Crippen MR) is 96.7 cm³/mol. The van der Waals surface area contributed by atoms with Crippen LogP contribution in [0.15, 0.2) is 24.3 Å². The Morgan fingerprint density at radius 2 is 2.00 bits per heavy atom. The van der Waals surface area contributed by atoms with Crippen LogP contribution in [0.1, 0.15) is 25.8 Å². The third-order valence-electron chi connectivity index (χ3n) is 6.20. The lowest BCUT2D eigenvalue weighted by Gasteiger charge is -2.27. The van der Waals surface area contributed by atoms with E-state index in [-0.39, 0.29) is 23.5 Å². The van der Waals surface area contributed by atoms with Gasteiger partial charge in [0.2, 0.25) is 5.91 Å². The summed E-state index contributed by atoms with van der Waals surface area (Å²) in [5, 5.41) is 12.0. The van der Waals surface area contributed by atoms with Gasteiger partial charge in [-0.05, 0) is 37.0 Å². The molecule has 2 saturated heterocycles. The van der Waals surface area contributed by atoms with E-state index >= 15 is 0 Å². The second-order valence-corrected chi connectivity index (χ2v) is 7.65. The first-order valence-electron chi connectivity index (χ1n) is 9.15. The van der Waals surface area contributed by atoms with Crippen molar-refractivity contribution in [1.29, 1.82) is 0 Å². The third-order valence-corrected chi connectivity index (χ3v) is 6.20. The highest BCUT2D eigenvalue weighted by atomic mass is 16.6. The molecule has 3 unspecified atom stereocenters. The maximum atomic E-state index is 12.1. The molecular weight excluding hydrogens is 350 g/mol. The van der Waals surface area contributed by atoms with Crippen molar-refractivity contribution >= 4 is 23.8 Å². The van der Waals surface area contributed by atoms with Crippen molar-refractivity contribution < 1.29 is 24.2 Å². The van der Waals surface area contributed by atoms with Crippen LogP contribution in [0, 0.1) is 5.92 Å². The number of cyclic esters (lactones) is 1. The van der Waals surface area contributed by atoms with E-state index in [4.69, 9.17) is 4.74 Å². The van der Waals surface area contributed by atoms with Crippen molar-refractivity contribution in [2.45, 2.75) is 37.8 Å². The topological polar surface area (TPSA) is 99.2 Å². The van der Waals surface area contributed by atoms with Crippen LogP contribution in [0.4, 0.5) is 15.3 Å². The standard InChI is InChI=1S/C19H23N3O5/c1-11-19(7-14(19)9-21(11)17(24)25)13-3-5-15(6-4-13)22-10-16(27-18(22)26)8-20-12(2)23/h3-6,11,14,16H,7-10H2,1-2H3,(H,20,23)(H,24,25)/t11?,14?,16-,19?/m0/s1. The Morgan fingerprint density at radius 1 is 1.30 bits per heavy atom. The Labute approximate surface area is 157 Å². The van der Waals surface area contributed by atoms with Crippen LogP contribution in [0.2, 0.25) is 0 Å². The molecule has 1 aliphatic carbocycles. The van der Waals surface area contributed by atoms with Gasteiger partial charge < -0.3 is 20.1 Å². The van der Waals surface area contributed by atoms with Gasteiger partial charge in [0.1, 0.15) is 6.10 Å². The Hall–Kier alpha value is -2.77. The van der Waals surface area contributed by atoms with Crippen molar-refractivity contribution in [2.24, 2.45) is 5.92 Å². The van der Waals surface area contributed by atoms with E-state index < -0.39 is 12.2 Å². The van der Waals surface area contributed by atoms with E-state index in [2.05, 4.69) is 5.32 Å². The molecule has 27 heavy (non-hydrogen) atoms. The number of hydrogen-bond acceptors (Lipinski definition) is 4. The lowest BCUT2D eigenvalue weighted by molar-refractivity contribution is -0.119. The fourth-order valence-corrected chi connectivity index (χ4v) is 4.65. The molecule has 2 heterocycles. The number of piperidine rings is 1. The largest absolute Gasteiger partial charge is 0.465 e. The summed E-state index contributed by atoms with van der Waals surface area (Å²) < 4.78 is 5.29. The summed E-state index contributed by atoms with van der Waals surface area (Å²) in [6, 6.07) is 7.71. The normalized spacial score (nSPS) is 31.5. The number of benzene rings is 1. The van der Waals surface area contributed by atoms with Crippen LogP contribution in [0.3, 0.4) is 0 Å². The summed E-state index contributed by atoms with van der Waals surface area (Å²) >= 11 is 0. The molecule has 0 radical (unpaired) electrons. The van der Waals surface area contributed by atoms with Crippen LogP contribution in [0.25, 0.3) is 0 Å². The second kappa shape index (κ2) is 6.14. The number of nitrogens with one attached hydrogen (secondary N) is 1. The highest BCUT2D eigenvalue weighted by Crippen LogP contribution is 2.62. The average Bonchev–Trinajstić information content (AvgIpc) is 3.13. The van der Waals surface area contributed by atoms with E-state index in [1.165, 1.54) is 11.8 Å². The predicted octanol–water partition coefficient (Wildman–Crippen LogP) is 1.79. The minimum absolute atomic E-state index is 0.0513. The van der Waals surface area contributed by atoms with Gasteiger partial charge in [-0.2, -0.15) is 0 Å². The number of likely N-dealkylation sites (tertiary alicyclic amines) is 1. The summed E-state index contributed by atoms with van der Waals surface area (Å²) in [4.78, 5) is 37.6. The zero-order valence-electron chi connectivity index (χ0n) is 15.3. The Bertz CT molecular complexity index is 795. The van der Waals surface area contributed by atoms with Crippen LogP contribution in [-0.2, 0) is 14.9 Å². The van der Waals surface area contributed by atoms with E-state index in [9.17, 15) is 19.5 Å². The fraction of sp³-hybridized carbons (Fsp3) is 0.526. The molecule has 144 valence electrons. The van der Waals surface area contributed by atoms with Crippen LogP contribution in [0.5, 0.6) is 0 Å². The number of carbonyl (C=O) groups is 3. The summed E-state index contributed by atoms with van der Waals surface area (Å²) in [6.07, 6.45) is -0.656. The van der Waals surface area contributed by atoms with Crippen LogP contribution >= 0.6 is 0 Å². The molecule has 4 atom stereocenters. The number of amides is 3. The molecule has 1 aromatic rings. The number of nitrogens with zero attached hydrogens (tertiary/aromatic N) is 2. The highest BCUT2D eigenvalue weighted by molar-refractivity contribution is 5.89. The summed E-state index contributed by atoms with van der Waals surface area (Å²) in [5.74, 6) is 0.210. The van der Waals surface area contributed by atoms with Gasteiger partial charge in [0, 0.05) is 30.6 Å². The third kappa shape index (κ3) is 2.79. The van der Waals surface area contributed by atoms with Gasteiger partial charge in [-0.25, -0.2) is 9.59 Å². The number of anilines is 1. The van der Waals surface area contributed by atoms with Crippen LogP contribution < -0.4 is 10.2 Å². The number of fused-ring (bicyclic) bond motifs is 1. The number of hydrogen-bond donors (Lipinski definition) is 2. The molecule has 0 aromatic heterocycles. The summed E-state index contributed by atoms with van der Waals surface area (Å²) in [7, 11) is 0. The second-order valence-electron chi connectivity index (χ2n) is 7.65. The molecule has 8 heteroatoms. The molecular formula is C19H23N3O5. The number of carboxylic acid groups (broad SMARTS) is 1. The molecule has 2 N–H and O–H groups in total. The van der Waals surface area contributed by atoms with Gasteiger partial charge in [-0.1, -0.05) is 12.1 Å². The fourth-order valence-electron chi connectivity index (χ4n) is 4.65. The van der Waals surface area contributed by atoms with Crippen LogP contribution in [-0.4, -0.2) is 59.9 Å². The Balaban J connectivity index is 1.47. The van der Waals surface area contributed by atoms with Gasteiger partial charge >= 0.3 is 12.2 Å². The molecule has 4 rings (SSSR count). The molecule has 3 aliphatic rings. The lowest BCUT2D eigenvalue weighted by atomic mass is 9.88. The number of carbonyl (C=O) groups excluding carboxylic acids is 2. The maximum absolute atomic E-state index is 12.1. The summed E-state index contributed by atoms with van der Waals surface area (Å²) in [5.41, 5.74) is 1.76. The highest BCUT2D eigenvalue weighted by Gasteiger charge is 2.66. The average molecular weight is 373 g/mol. The monoisotopic (exact) mass is 373 g/mol. The van der Waals surface area contributed by atoms with Crippen molar-refractivity contribution in [2.75, 3.05) is 24.5 Å². The van der Waals surface area contributed by atoms with Gasteiger partial charge in [0.15, 0.2) is 0 Å². The van der Waals surface area contributed by atoms with Gasteiger partial charge in [-0.15, -0.1) is 0 Å². The van der Waals surface area contributed by atoms with E-state index in [0.717, 1.165) is 17.7 Å². The van der Waals surface area contributed by atoms with E-state index in [1.807, 2.05) is 31.2 Å². The molecule has 1 aromatic carbocycles. The van der Waals surface area contributed by atoms with Crippen molar-refractivity contribution in [1.82, 2.24) is 10.2 Å². The molecule has 1 saturated carbocycles. The molecule has 3 fully saturated rings. The zero-order chi connectivity index (χ0) is 19.3. The molecule has 0 bridgehead atoms. The first-order chi connectivity index (χ1) is 12.8. The molecule has 3 amide bonds. The molecule has 8 nitrogen and oxygen atoms in total. The maximum Gasteiger partial charge on any atom is 0.414 e. The van der Waals surface area contributed by atoms with Gasteiger partial charge in [0.25, 0.3) is 0 Å². The number of rotatable bonds is 4. The zero-order valence-corrected chi connectivity index (χ0v) is 15.3. The van der Waals surface area contributed by atoms with E-state index in [0.29, 0.717) is 25.6 Å². The van der Waals surface area contributed by atoms with Crippen molar-refractivity contribution in [3.05, 3.63) is 29.8 Å². The number of ether oxygens (including phenoxy) is 1. The minimum atomic E-state index is -0.865. The summed E-state index contributed by atoms with van der Waals surface area (Å²) in [6.45, 7) is 4.66. The molecule has 2 aliphatic heterocycles.